The van der Waals surface area contributed by atoms with Crippen LogP contribution >= 0.6 is 0 Å². The first-order valence-electron chi connectivity index (χ1n) is 9.80. The Bertz CT molecular complexity index is 1150. The van der Waals surface area contributed by atoms with E-state index < -0.39 is 0 Å². The summed E-state index contributed by atoms with van der Waals surface area (Å²) in [5.41, 5.74) is 2.57. The lowest BCUT2D eigenvalue weighted by molar-refractivity contribution is 0.0943. The highest BCUT2D eigenvalue weighted by atomic mass is 19.1. The van der Waals surface area contributed by atoms with Crippen LogP contribution in [0.1, 0.15) is 22.6 Å². The Morgan fingerprint density at radius 2 is 1.60 bits per heavy atom. The zero-order chi connectivity index (χ0) is 20.8. The maximum Gasteiger partial charge on any atom is 0.289 e. The fourth-order valence-corrected chi connectivity index (χ4v) is 3.16. The molecule has 0 aliphatic heterocycles. The zero-order valence-corrected chi connectivity index (χ0v) is 16.3. The van der Waals surface area contributed by atoms with Gasteiger partial charge in [-0.25, -0.2) is 14.4 Å². The first-order valence-corrected chi connectivity index (χ1v) is 9.80. The maximum absolute atomic E-state index is 13.2. The SMILES string of the molecule is O=C(NCCCc1ccccc1)c1nc(Nc2ccc(F)cc2)c2ccccc2n1. The third-order valence-corrected chi connectivity index (χ3v) is 4.68. The van der Waals surface area contributed by atoms with E-state index in [2.05, 4.69) is 32.7 Å². The van der Waals surface area contributed by atoms with Gasteiger partial charge >= 0.3 is 0 Å². The number of anilines is 2. The Labute approximate surface area is 174 Å². The van der Waals surface area contributed by atoms with Crippen molar-refractivity contribution in [3.8, 4) is 0 Å². The molecule has 0 bridgehead atoms. The standard InChI is InChI=1S/C24H21FN4O/c25-18-12-14-19(15-13-18)27-22-20-10-4-5-11-21(20)28-23(29-22)24(30)26-16-6-9-17-7-2-1-3-8-17/h1-5,7-8,10-15H,6,9,16H2,(H,26,30)(H,27,28,29). The number of benzene rings is 3. The summed E-state index contributed by atoms with van der Waals surface area (Å²) in [7, 11) is 0. The second-order valence-corrected chi connectivity index (χ2v) is 6.89. The molecule has 30 heavy (non-hydrogen) atoms. The van der Waals surface area contributed by atoms with Crippen LogP contribution in [0.3, 0.4) is 0 Å². The van der Waals surface area contributed by atoms with Crippen molar-refractivity contribution in [3.63, 3.8) is 0 Å². The molecule has 3 aromatic carbocycles. The van der Waals surface area contributed by atoms with Crippen LogP contribution in [0, 0.1) is 5.82 Å². The first kappa shape index (κ1) is 19.5. The summed E-state index contributed by atoms with van der Waals surface area (Å²) in [6.07, 6.45) is 1.71. The number of amides is 1. The van der Waals surface area contributed by atoms with Gasteiger partial charge in [0.25, 0.3) is 5.91 Å². The minimum Gasteiger partial charge on any atom is -0.349 e. The number of hydrogen-bond donors (Lipinski definition) is 2. The molecular formula is C24H21FN4O. The van der Waals surface area contributed by atoms with E-state index in [-0.39, 0.29) is 17.5 Å². The summed E-state index contributed by atoms with van der Waals surface area (Å²) >= 11 is 0. The lowest BCUT2D eigenvalue weighted by atomic mass is 10.1. The van der Waals surface area contributed by atoms with Crippen molar-refractivity contribution in [1.29, 1.82) is 0 Å². The zero-order valence-electron chi connectivity index (χ0n) is 16.3. The third kappa shape index (κ3) is 4.78. The molecule has 0 aliphatic rings. The fraction of sp³-hybridized carbons (Fsp3) is 0.125. The monoisotopic (exact) mass is 400 g/mol. The predicted octanol–water partition coefficient (Wildman–Crippen LogP) is 4.88. The van der Waals surface area contributed by atoms with E-state index in [0.717, 1.165) is 18.2 Å². The molecule has 2 N–H and O–H groups in total. The second kappa shape index (κ2) is 9.13. The topological polar surface area (TPSA) is 66.9 Å². The lowest BCUT2D eigenvalue weighted by Gasteiger charge is -2.11. The average molecular weight is 400 g/mol. The largest absolute Gasteiger partial charge is 0.349 e. The molecule has 0 spiro atoms. The molecule has 0 radical (unpaired) electrons. The lowest BCUT2D eigenvalue weighted by Crippen LogP contribution is -2.27. The Kier molecular flexibility index (Phi) is 5.94. The predicted molar refractivity (Wildman–Crippen MR) is 116 cm³/mol. The van der Waals surface area contributed by atoms with Crippen molar-refractivity contribution in [2.45, 2.75) is 12.8 Å². The van der Waals surface area contributed by atoms with Crippen LogP contribution in [-0.2, 0) is 6.42 Å². The van der Waals surface area contributed by atoms with Gasteiger partial charge in [-0.15, -0.1) is 0 Å². The molecular weight excluding hydrogens is 379 g/mol. The number of carbonyl (C=O) groups is 1. The van der Waals surface area contributed by atoms with Crippen LogP contribution in [-0.4, -0.2) is 22.4 Å². The van der Waals surface area contributed by atoms with Gasteiger partial charge in [-0.3, -0.25) is 4.79 Å². The smallest absolute Gasteiger partial charge is 0.289 e. The minimum atomic E-state index is -0.323. The van der Waals surface area contributed by atoms with Gasteiger partial charge < -0.3 is 10.6 Å². The third-order valence-electron chi connectivity index (χ3n) is 4.68. The molecule has 0 fully saturated rings. The first-order chi connectivity index (χ1) is 14.7. The average Bonchev–Trinajstić information content (AvgIpc) is 2.78. The highest BCUT2D eigenvalue weighted by Crippen LogP contribution is 2.24. The van der Waals surface area contributed by atoms with E-state index in [0.29, 0.717) is 23.6 Å². The van der Waals surface area contributed by atoms with Gasteiger partial charge in [-0.05, 0) is 54.8 Å². The number of nitrogens with one attached hydrogen (secondary N) is 2. The molecule has 0 unspecified atom stereocenters. The quantitative estimate of drug-likeness (QED) is 0.434. The summed E-state index contributed by atoms with van der Waals surface area (Å²) in [6.45, 7) is 0.532. The second-order valence-electron chi connectivity index (χ2n) is 6.89. The summed E-state index contributed by atoms with van der Waals surface area (Å²) in [5.74, 6) is -0.0423. The Hall–Kier alpha value is -3.80. The van der Waals surface area contributed by atoms with Crippen molar-refractivity contribution < 1.29 is 9.18 Å². The van der Waals surface area contributed by atoms with Crippen molar-refractivity contribution in [3.05, 3.63) is 96.1 Å². The Morgan fingerprint density at radius 3 is 2.40 bits per heavy atom. The van der Waals surface area contributed by atoms with Crippen molar-refractivity contribution >= 4 is 28.3 Å². The number of rotatable bonds is 7. The molecule has 0 aliphatic carbocycles. The van der Waals surface area contributed by atoms with Crippen LogP contribution in [0.2, 0.25) is 0 Å². The van der Waals surface area contributed by atoms with Crippen LogP contribution in [0.4, 0.5) is 15.9 Å². The highest BCUT2D eigenvalue weighted by molar-refractivity contribution is 5.97. The molecule has 1 heterocycles. The van der Waals surface area contributed by atoms with Crippen LogP contribution in [0.5, 0.6) is 0 Å². The molecule has 5 nitrogen and oxygen atoms in total. The number of carbonyl (C=O) groups excluding carboxylic acids is 1. The molecule has 4 rings (SSSR count). The van der Waals surface area contributed by atoms with E-state index in [1.807, 2.05) is 42.5 Å². The van der Waals surface area contributed by atoms with Gasteiger partial charge in [0, 0.05) is 17.6 Å². The maximum atomic E-state index is 13.2. The highest BCUT2D eigenvalue weighted by Gasteiger charge is 2.14. The number of nitrogens with zero attached hydrogens (tertiary/aromatic N) is 2. The summed E-state index contributed by atoms with van der Waals surface area (Å²) in [5, 5.41) is 6.83. The van der Waals surface area contributed by atoms with Gasteiger partial charge in [0.15, 0.2) is 0 Å². The van der Waals surface area contributed by atoms with Gasteiger partial charge in [-0.2, -0.15) is 0 Å². The van der Waals surface area contributed by atoms with Gasteiger partial charge in [0.2, 0.25) is 5.82 Å². The van der Waals surface area contributed by atoms with Crippen molar-refractivity contribution in [2.24, 2.45) is 0 Å². The van der Waals surface area contributed by atoms with E-state index in [1.54, 1.807) is 12.1 Å². The minimum absolute atomic E-state index is 0.0954. The molecule has 1 amide bonds. The number of fused-ring (bicyclic) bond motifs is 1. The number of aryl methyl sites for hydroxylation is 1. The van der Waals surface area contributed by atoms with Gasteiger partial charge in [0.05, 0.1) is 5.52 Å². The number of para-hydroxylation sites is 1. The summed E-state index contributed by atoms with van der Waals surface area (Å²) in [6, 6.07) is 23.6. The van der Waals surface area contributed by atoms with Crippen molar-refractivity contribution in [1.82, 2.24) is 15.3 Å². The summed E-state index contributed by atoms with van der Waals surface area (Å²) in [4.78, 5) is 21.5. The number of aromatic nitrogens is 2. The van der Waals surface area contributed by atoms with E-state index in [9.17, 15) is 9.18 Å². The van der Waals surface area contributed by atoms with E-state index in [4.69, 9.17) is 0 Å². The Balaban J connectivity index is 1.49. The molecule has 0 saturated carbocycles. The van der Waals surface area contributed by atoms with Crippen molar-refractivity contribution in [2.75, 3.05) is 11.9 Å². The molecule has 1 aromatic heterocycles. The van der Waals surface area contributed by atoms with Crippen LogP contribution < -0.4 is 10.6 Å². The molecule has 0 atom stereocenters. The fourth-order valence-electron chi connectivity index (χ4n) is 3.16. The number of hydrogen-bond acceptors (Lipinski definition) is 4. The molecule has 6 heteroatoms. The molecule has 4 aromatic rings. The van der Waals surface area contributed by atoms with Gasteiger partial charge in [-0.1, -0.05) is 42.5 Å². The van der Waals surface area contributed by atoms with E-state index >= 15 is 0 Å². The molecule has 0 saturated heterocycles. The van der Waals surface area contributed by atoms with Gasteiger partial charge in [0.1, 0.15) is 11.6 Å². The van der Waals surface area contributed by atoms with Crippen LogP contribution in [0.15, 0.2) is 78.9 Å². The van der Waals surface area contributed by atoms with E-state index in [1.165, 1.54) is 17.7 Å². The van der Waals surface area contributed by atoms with Crippen LogP contribution in [0.25, 0.3) is 10.9 Å². The normalized spacial score (nSPS) is 10.7. The Morgan fingerprint density at radius 1 is 0.867 bits per heavy atom. The summed E-state index contributed by atoms with van der Waals surface area (Å²) < 4.78 is 13.2. The number of halogens is 1. The molecule has 150 valence electrons.